The zero-order valence-electron chi connectivity index (χ0n) is 10.5. The average Bonchev–Trinajstić information content (AvgIpc) is 2.35. The second kappa shape index (κ2) is 7.17. The number of aliphatic carboxylic acids is 1. The van der Waals surface area contributed by atoms with Gasteiger partial charge in [0, 0.05) is 19.5 Å². The summed E-state index contributed by atoms with van der Waals surface area (Å²) < 4.78 is 5.17. The van der Waals surface area contributed by atoms with E-state index in [-0.39, 0.29) is 31.0 Å². The van der Waals surface area contributed by atoms with Crippen molar-refractivity contribution >= 4 is 12.0 Å². The molecule has 0 spiro atoms. The van der Waals surface area contributed by atoms with Gasteiger partial charge in [-0.05, 0) is 5.92 Å². The lowest BCUT2D eigenvalue weighted by atomic mass is 10.1. The summed E-state index contributed by atoms with van der Waals surface area (Å²) >= 11 is 0. The lowest BCUT2D eigenvalue weighted by molar-refractivity contribution is -0.137. The Bertz CT molecular complexity index is 297. The van der Waals surface area contributed by atoms with Crippen molar-refractivity contribution in [2.75, 3.05) is 32.9 Å². The number of carbonyl (C=O) groups excluding carboxylic acids is 1. The van der Waals surface area contributed by atoms with Gasteiger partial charge in [0.25, 0.3) is 0 Å². The van der Waals surface area contributed by atoms with Crippen molar-refractivity contribution in [3.63, 3.8) is 0 Å². The molecule has 1 fully saturated rings. The molecule has 0 aromatic rings. The molecule has 1 aliphatic rings. The molecule has 0 radical (unpaired) electrons. The summed E-state index contributed by atoms with van der Waals surface area (Å²) in [7, 11) is 0. The van der Waals surface area contributed by atoms with Crippen molar-refractivity contribution in [2.24, 2.45) is 5.92 Å². The molecule has 0 saturated carbocycles. The number of hydrogen-bond acceptors (Lipinski definition) is 4. The van der Waals surface area contributed by atoms with Crippen molar-refractivity contribution < 1.29 is 24.5 Å². The lowest BCUT2D eigenvalue weighted by Gasteiger charge is -2.34. The molecule has 2 atom stereocenters. The van der Waals surface area contributed by atoms with Crippen molar-refractivity contribution in [3.8, 4) is 0 Å². The summed E-state index contributed by atoms with van der Waals surface area (Å²) in [5.41, 5.74) is 0. The largest absolute Gasteiger partial charge is 0.481 e. The van der Waals surface area contributed by atoms with Gasteiger partial charge in [-0.3, -0.25) is 4.79 Å². The second-order valence-electron chi connectivity index (χ2n) is 4.49. The van der Waals surface area contributed by atoms with Gasteiger partial charge in [0.2, 0.25) is 0 Å². The third-order valence-corrected chi connectivity index (χ3v) is 2.82. The second-order valence-corrected chi connectivity index (χ2v) is 4.49. The number of carboxylic acid groups (broad SMARTS) is 1. The van der Waals surface area contributed by atoms with E-state index in [1.807, 2.05) is 0 Å². The fourth-order valence-corrected chi connectivity index (χ4v) is 1.81. The van der Waals surface area contributed by atoms with Gasteiger partial charge in [-0.15, -0.1) is 0 Å². The van der Waals surface area contributed by atoms with Crippen LogP contribution >= 0.6 is 0 Å². The number of rotatable bonds is 5. The molecule has 104 valence electrons. The Hall–Kier alpha value is -1.34. The van der Waals surface area contributed by atoms with Gasteiger partial charge < -0.3 is 25.2 Å². The molecule has 0 aliphatic carbocycles. The highest BCUT2D eigenvalue weighted by Gasteiger charge is 2.26. The highest BCUT2D eigenvalue weighted by atomic mass is 16.5. The van der Waals surface area contributed by atoms with Crippen molar-refractivity contribution in [1.29, 1.82) is 0 Å². The molecular formula is C11H20N2O5. The quantitative estimate of drug-likeness (QED) is 0.619. The standard InChI is InChI=1S/C11H20N2O5/c1-8(4-10(15)16)5-12-11(17)13-2-3-18-7-9(13)6-14/h8-9,14H,2-7H2,1H3,(H,12,17)(H,15,16). The van der Waals surface area contributed by atoms with Crippen molar-refractivity contribution in [2.45, 2.75) is 19.4 Å². The molecule has 2 unspecified atom stereocenters. The first-order valence-corrected chi connectivity index (χ1v) is 5.99. The molecule has 7 nitrogen and oxygen atoms in total. The Balaban J connectivity index is 2.36. The number of nitrogens with zero attached hydrogens (tertiary/aromatic N) is 1. The molecule has 1 rings (SSSR count). The summed E-state index contributed by atoms with van der Waals surface area (Å²) in [6.07, 6.45) is 0.0207. The van der Waals surface area contributed by atoms with Crippen LogP contribution in [0.15, 0.2) is 0 Å². The van der Waals surface area contributed by atoms with Gasteiger partial charge in [-0.1, -0.05) is 6.92 Å². The maximum atomic E-state index is 11.9. The number of ether oxygens (including phenoxy) is 1. The van der Waals surface area contributed by atoms with Crippen LogP contribution in [0, 0.1) is 5.92 Å². The van der Waals surface area contributed by atoms with Gasteiger partial charge in [0.05, 0.1) is 25.9 Å². The third-order valence-electron chi connectivity index (χ3n) is 2.82. The number of aliphatic hydroxyl groups is 1. The Labute approximate surface area is 106 Å². The molecule has 3 N–H and O–H groups in total. The normalized spacial score (nSPS) is 21.4. The van der Waals surface area contributed by atoms with Gasteiger partial charge in [-0.25, -0.2) is 4.79 Å². The van der Waals surface area contributed by atoms with Crippen LogP contribution in [0.2, 0.25) is 0 Å². The number of carbonyl (C=O) groups is 2. The fraction of sp³-hybridized carbons (Fsp3) is 0.818. The molecule has 1 aliphatic heterocycles. The van der Waals surface area contributed by atoms with Crippen LogP contribution in [0.1, 0.15) is 13.3 Å². The summed E-state index contributed by atoms with van der Waals surface area (Å²) in [6.45, 7) is 3.14. The Morgan fingerprint density at radius 2 is 2.28 bits per heavy atom. The van der Waals surface area contributed by atoms with Crippen molar-refractivity contribution in [1.82, 2.24) is 10.2 Å². The molecule has 2 amide bonds. The van der Waals surface area contributed by atoms with E-state index in [4.69, 9.17) is 14.9 Å². The summed E-state index contributed by atoms with van der Waals surface area (Å²) in [4.78, 5) is 23.9. The zero-order chi connectivity index (χ0) is 13.5. The highest BCUT2D eigenvalue weighted by Crippen LogP contribution is 2.07. The highest BCUT2D eigenvalue weighted by molar-refractivity contribution is 5.74. The smallest absolute Gasteiger partial charge is 0.317 e. The molecule has 18 heavy (non-hydrogen) atoms. The molecule has 1 saturated heterocycles. The zero-order valence-corrected chi connectivity index (χ0v) is 10.5. The lowest BCUT2D eigenvalue weighted by Crippen LogP contribution is -2.54. The predicted molar refractivity (Wildman–Crippen MR) is 63.2 cm³/mol. The number of aliphatic hydroxyl groups excluding tert-OH is 1. The van der Waals surface area contributed by atoms with Crippen molar-refractivity contribution in [3.05, 3.63) is 0 Å². The molecule has 0 aromatic heterocycles. The van der Waals surface area contributed by atoms with Gasteiger partial charge in [-0.2, -0.15) is 0 Å². The number of urea groups is 1. The summed E-state index contributed by atoms with van der Waals surface area (Å²) in [6, 6.07) is -0.608. The number of amides is 2. The first-order valence-electron chi connectivity index (χ1n) is 5.99. The van der Waals surface area contributed by atoms with E-state index in [0.29, 0.717) is 26.3 Å². The minimum atomic E-state index is -0.878. The number of carboxylic acids is 1. The van der Waals surface area contributed by atoms with Crippen LogP contribution < -0.4 is 5.32 Å². The third kappa shape index (κ3) is 4.50. The molecule has 1 heterocycles. The Morgan fingerprint density at radius 1 is 1.56 bits per heavy atom. The molecular weight excluding hydrogens is 240 g/mol. The monoisotopic (exact) mass is 260 g/mol. The van der Waals surface area contributed by atoms with Gasteiger partial charge in [0.15, 0.2) is 0 Å². The Morgan fingerprint density at radius 3 is 2.89 bits per heavy atom. The van der Waals surface area contributed by atoms with Crippen LogP contribution in [-0.2, 0) is 9.53 Å². The first kappa shape index (κ1) is 14.7. The number of nitrogens with one attached hydrogen (secondary N) is 1. The molecule has 0 aromatic carbocycles. The van der Waals surface area contributed by atoms with E-state index >= 15 is 0 Å². The van der Waals surface area contributed by atoms with E-state index in [1.165, 1.54) is 4.90 Å². The summed E-state index contributed by atoms with van der Waals surface area (Å²) in [5.74, 6) is -1.00. The van der Waals surface area contributed by atoms with Crippen LogP contribution in [0.5, 0.6) is 0 Å². The maximum absolute atomic E-state index is 11.9. The van der Waals surface area contributed by atoms with E-state index in [9.17, 15) is 9.59 Å². The number of hydrogen-bond donors (Lipinski definition) is 3. The van der Waals surface area contributed by atoms with E-state index in [1.54, 1.807) is 6.92 Å². The Kier molecular flexibility index (Phi) is 5.87. The maximum Gasteiger partial charge on any atom is 0.317 e. The van der Waals surface area contributed by atoms with E-state index < -0.39 is 5.97 Å². The average molecular weight is 260 g/mol. The predicted octanol–water partition coefficient (Wildman–Crippen LogP) is -0.500. The van der Waals surface area contributed by atoms with Gasteiger partial charge in [0.1, 0.15) is 0 Å². The number of morpholine rings is 1. The first-order chi connectivity index (χ1) is 8.54. The minimum absolute atomic E-state index is 0.0207. The SMILES string of the molecule is CC(CNC(=O)N1CCOCC1CO)CC(=O)O. The summed E-state index contributed by atoms with van der Waals surface area (Å²) in [5, 5.41) is 20.4. The van der Waals surface area contributed by atoms with Crippen LogP contribution in [0.4, 0.5) is 4.79 Å². The van der Waals surface area contributed by atoms with Crippen LogP contribution in [0.3, 0.4) is 0 Å². The molecule has 0 bridgehead atoms. The minimum Gasteiger partial charge on any atom is -0.481 e. The van der Waals surface area contributed by atoms with Crippen LogP contribution in [-0.4, -0.2) is 66.1 Å². The fourth-order valence-electron chi connectivity index (χ4n) is 1.81. The van der Waals surface area contributed by atoms with Crippen LogP contribution in [0.25, 0.3) is 0 Å². The van der Waals surface area contributed by atoms with E-state index in [2.05, 4.69) is 5.32 Å². The molecule has 7 heteroatoms. The van der Waals surface area contributed by atoms with E-state index in [0.717, 1.165) is 0 Å². The van der Waals surface area contributed by atoms with Gasteiger partial charge >= 0.3 is 12.0 Å². The topological polar surface area (TPSA) is 99.1 Å².